The monoisotopic (exact) mass is 740 g/mol. The maximum Gasteiger partial charge on any atom is 0.286 e. The van der Waals surface area contributed by atoms with Gasteiger partial charge < -0.3 is 25.1 Å². The first-order valence-corrected chi connectivity index (χ1v) is 18.7. The molecule has 0 radical (unpaired) electrons. The van der Waals surface area contributed by atoms with Gasteiger partial charge >= 0.3 is 0 Å². The Morgan fingerprint density at radius 2 is 1.42 bits per heavy atom. The van der Waals surface area contributed by atoms with Crippen LogP contribution in [0.1, 0.15) is 84.5 Å². The average Bonchev–Trinajstić information content (AvgIpc) is 3.55. The minimum atomic E-state index is -4.28. The van der Waals surface area contributed by atoms with Crippen LogP contribution < -0.4 is 20.7 Å². The number of carbonyl (C=O) groups excluding carboxylic acids is 4. The molecule has 0 saturated carbocycles. The number of carbonyl (C=O) groups is 4. The molecule has 4 N–H and O–H groups in total. The Morgan fingerprint density at radius 3 is 2.00 bits per heavy atom. The molecule has 284 valence electrons. The molecule has 0 saturated heterocycles. The molecule has 3 amide bonds. The molecule has 0 fully saturated rings. The molecule has 0 unspecified atom stereocenters. The van der Waals surface area contributed by atoms with Crippen LogP contribution in [-0.2, 0) is 29.1 Å². The number of aryl methyl sites for hydroxylation is 1. The maximum atomic E-state index is 13.9. The quantitative estimate of drug-likeness (QED) is 0.147. The Hall–Kier alpha value is -4.47. The lowest BCUT2D eigenvalue weighted by Gasteiger charge is -2.28. The van der Waals surface area contributed by atoms with Crippen LogP contribution in [0.3, 0.4) is 0 Å². The number of sulfonamides is 1. The minimum absolute atomic E-state index is 0.0585. The number of rotatable bonds is 17. The van der Waals surface area contributed by atoms with Gasteiger partial charge in [0.15, 0.2) is 0 Å². The van der Waals surface area contributed by atoms with Gasteiger partial charge in [-0.3, -0.25) is 19.2 Å². The van der Waals surface area contributed by atoms with E-state index in [-0.39, 0.29) is 47.6 Å². The summed E-state index contributed by atoms with van der Waals surface area (Å²) >= 11 is 0. The fourth-order valence-electron chi connectivity index (χ4n) is 4.71. The van der Waals surface area contributed by atoms with Crippen LogP contribution in [-0.4, -0.2) is 79.0 Å². The van der Waals surface area contributed by atoms with Gasteiger partial charge in [0.2, 0.25) is 39.4 Å². The molecule has 1 heterocycles. The predicted molar refractivity (Wildman–Crippen MR) is 195 cm³/mol. The predicted octanol–water partition coefficient (Wildman–Crippen LogP) is 3.96. The Balaban J connectivity index is 1.90. The van der Waals surface area contributed by atoms with Crippen molar-refractivity contribution in [2.75, 3.05) is 13.2 Å². The summed E-state index contributed by atoms with van der Waals surface area (Å²) in [5.41, 5.74) is 0.414. The van der Waals surface area contributed by atoms with Gasteiger partial charge in [0.05, 0.1) is 29.6 Å². The smallest absolute Gasteiger partial charge is 0.286 e. The highest BCUT2D eigenvalue weighted by Crippen LogP contribution is 2.20. The molecule has 3 aromatic rings. The zero-order valence-electron chi connectivity index (χ0n) is 31.4. The molecule has 15 heteroatoms. The van der Waals surface area contributed by atoms with Crippen LogP contribution in [0.2, 0.25) is 0 Å². The SMILES string of the molecule is Cc1ccc(S(=O)(=O)N[C@@H](CC(=O)NCC(C)(C)C)C(=O)N[C@@H](COC(C)(C)C)C(=O)N[C@@H](CC(C)C)C(=O)c2nnc(-c3ccccc3)o2)cc1. The minimum Gasteiger partial charge on any atom is -0.414 e. The standard InChI is InChI=1S/C37H52N6O8S/c1-23(2)19-27(31(45)35-42-41-34(51-35)25-13-11-10-12-14-25)39-33(47)29(21-50-37(7,8)9)40-32(46)28(20-30(44)38-22-36(4,5)6)43-52(48,49)26-17-15-24(3)16-18-26/h10-18,23,27-29,43H,19-22H2,1-9H3,(H,38,44)(H,39,47)(H,40,46)/t27-,28-,29-/m0/s1. The summed E-state index contributed by atoms with van der Waals surface area (Å²) < 4.78 is 40.7. The van der Waals surface area contributed by atoms with E-state index in [1.807, 2.05) is 40.7 Å². The molecule has 52 heavy (non-hydrogen) atoms. The van der Waals surface area contributed by atoms with Gasteiger partial charge in [0.25, 0.3) is 5.89 Å². The van der Waals surface area contributed by atoms with Gasteiger partial charge in [0, 0.05) is 12.1 Å². The molecular weight excluding hydrogens is 689 g/mol. The summed E-state index contributed by atoms with van der Waals surface area (Å²) in [6.07, 6.45) is -0.363. The molecule has 14 nitrogen and oxygen atoms in total. The topological polar surface area (TPSA) is 199 Å². The van der Waals surface area contributed by atoms with Crippen molar-refractivity contribution < 1.29 is 36.7 Å². The van der Waals surface area contributed by atoms with E-state index in [1.54, 1.807) is 64.1 Å². The number of hydrogen-bond acceptors (Lipinski definition) is 10. The number of nitrogens with one attached hydrogen (secondary N) is 4. The van der Waals surface area contributed by atoms with E-state index < -0.39 is 63.7 Å². The maximum absolute atomic E-state index is 13.9. The third-order valence-corrected chi connectivity index (χ3v) is 8.95. The third-order valence-electron chi connectivity index (χ3n) is 7.46. The molecule has 3 atom stereocenters. The van der Waals surface area contributed by atoms with Gasteiger partial charge in [0.1, 0.15) is 12.1 Å². The Morgan fingerprint density at radius 1 is 0.827 bits per heavy atom. The van der Waals surface area contributed by atoms with Crippen molar-refractivity contribution in [2.24, 2.45) is 11.3 Å². The fourth-order valence-corrected chi connectivity index (χ4v) is 5.91. The summed E-state index contributed by atoms with van der Waals surface area (Å²) in [5, 5.41) is 15.9. The lowest BCUT2D eigenvalue weighted by molar-refractivity contribution is -0.134. The van der Waals surface area contributed by atoms with Gasteiger partial charge in [-0.1, -0.05) is 70.5 Å². The van der Waals surface area contributed by atoms with Crippen molar-refractivity contribution in [3.8, 4) is 11.5 Å². The normalized spacial score (nSPS) is 14.0. The zero-order chi connectivity index (χ0) is 38.9. The van der Waals surface area contributed by atoms with E-state index >= 15 is 0 Å². The molecule has 0 bridgehead atoms. The Labute approximate surface area is 306 Å². The summed E-state index contributed by atoms with van der Waals surface area (Å²) in [7, 11) is -4.28. The molecule has 0 aliphatic carbocycles. The Kier molecular flexibility index (Phi) is 14.4. The number of hydrogen-bond donors (Lipinski definition) is 4. The molecular formula is C37H52N6O8S. The average molecular weight is 741 g/mol. The summed E-state index contributed by atoms with van der Waals surface area (Å²) in [6.45, 7) is 16.5. The van der Waals surface area contributed by atoms with Gasteiger partial charge in [-0.25, -0.2) is 8.42 Å². The Bertz CT molecular complexity index is 1780. The van der Waals surface area contributed by atoms with E-state index in [0.29, 0.717) is 5.56 Å². The van der Waals surface area contributed by atoms with E-state index in [9.17, 15) is 27.6 Å². The molecule has 1 aromatic heterocycles. The lowest BCUT2D eigenvalue weighted by atomic mass is 9.97. The van der Waals surface area contributed by atoms with Crippen molar-refractivity contribution in [3.63, 3.8) is 0 Å². The van der Waals surface area contributed by atoms with E-state index in [1.165, 1.54) is 12.1 Å². The van der Waals surface area contributed by atoms with Gasteiger partial charge in [-0.15, -0.1) is 10.2 Å². The van der Waals surface area contributed by atoms with Crippen molar-refractivity contribution in [3.05, 3.63) is 66.1 Å². The second kappa shape index (κ2) is 17.8. The number of ketones is 1. The van der Waals surface area contributed by atoms with E-state index in [0.717, 1.165) is 5.56 Å². The van der Waals surface area contributed by atoms with Gasteiger partial charge in [-0.05, 0) is 69.7 Å². The van der Waals surface area contributed by atoms with Crippen LogP contribution in [0.4, 0.5) is 0 Å². The highest BCUT2D eigenvalue weighted by atomic mass is 32.2. The van der Waals surface area contributed by atoms with Crippen molar-refractivity contribution >= 4 is 33.5 Å². The van der Waals surface area contributed by atoms with Crippen molar-refractivity contribution in [1.82, 2.24) is 30.9 Å². The summed E-state index contributed by atoms with van der Waals surface area (Å²) in [4.78, 5) is 54.3. The van der Waals surface area contributed by atoms with Crippen LogP contribution in [0.25, 0.3) is 11.5 Å². The second-order valence-electron chi connectivity index (χ2n) is 15.3. The number of amides is 3. The first-order chi connectivity index (χ1) is 24.1. The molecule has 0 aliphatic rings. The highest BCUT2D eigenvalue weighted by molar-refractivity contribution is 7.89. The van der Waals surface area contributed by atoms with E-state index in [2.05, 4.69) is 30.9 Å². The van der Waals surface area contributed by atoms with Crippen molar-refractivity contribution in [2.45, 2.75) is 104 Å². The number of benzene rings is 2. The third kappa shape index (κ3) is 13.6. The van der Waals surface area contributed by atoms with Crippen LogP contribution in [0.15, 0.2) is 63.9 Å². The largest absolute Gasteiger partial charge is 0.414 e. The van der Waals surface area contributed by atoms with E-state index in [4.69, 9.17) is 9.15 Å². The first kappa shape index (κ1) is 41.9. The van der Waals surface area contributed by atoms with Crippen LogP contribution >= 0.6 is 0 Å². The number of ether oxygens (including phenoxy) is 1. The summed E-state index contributed by atoms with van der Waals surface area (Å²) in [5.74, 6) is -3.16. The van der Waals surface area contributed by atoms with Gasteiger partial charge in [-0.2, -0.15) is 4.72 Å². The second-order valence-corrected chi connectivity index (χ2v) is 17.1. The number of Topliss-reactive ketones (excluding diaryl/α,β-unsaturated/α-hetero) is 1. The zero-order valence-corrected chi connectivity index (χ0v) is 32.2. The fraction of sp³-hybridized carbons (Fsp3) is 0.514. The van der Waals surface area contributed by atoms with Crippen LogP contribution in [0.5, 0.6) is 0 Å². The number of aromatic nitrogens is 2. The summed E-state index contributed by atoms with van der Waals surface area (Å²) in [6, 6.07) is 10.7. The molecule has 2 aromatic carbocycles. The van der Waals surface area contributed by atoms with Crippen molar-refractivity contribution in [1.29, 1.82) is 0 Å². The molecule has 0 aliphatic heterocycles. The molecule has 3 rings (SSSR count). The lowest BCUT2D eigenvalue weighted by Crippen LogP contribution is -2.58. The number of nitrogens with zero attached hydrogens (tertiary/aromatic N) is 2. The first-order valence-electron chi connectivity index (χ1n) is 17.2. The highest BCUT2D eigenvalue weighted by Gasteiger charge is 2.35. The van der Waals surface area contributed by atoms with Crippen LogP contribution in [0, 0.1) is 18.3 Å². The molecule has 0 spiro atoms.